The van der Waals surface area contributed by atoms with Crippen LogP contribution in [0.5, 0.6) is 5.75 Å². The van der Waals surface area contributed by atoms with Crippen LogP contribution in [-0.2, 0) is 0 Å². The van der Waals surface area contributed by atoms with Crippen molar-refractivity contribution in [3.63, 3.8) is 0 Å². The van der Waals surface area contributed by atoms with Gasteiger partial charge in [-0.2, -0.15) is 0 Å². The number of nitrogens with one attached hydrogen (secondary N) is 1. The number of aromatic nitrogens is 1. The molecule has 0 aliphatic carbocycles. The van der Waals surface area contributed by atoms with Crippen LogP contribution in [0, 0.1) is 12.7 Å². The molecule has 6 heteroatoms. The van der Waals surface area contributed by atoms with Gasteiger partial charge in [0.15, 0.2) is 0 Å². The Bertz CT molecular complexity index is 925. The molecule has 1 fully saturated rings. The van der Waals surface area contributed by atoms with Crippen molar-refractivity contribution >= 4 is 11.4 Å². The van der Waals surface area contributed by atoms with E-state index in [2.05, 4.69) is 36.2 Å². The first-order valence-corrected chi connectivity index (χ1v) is 9.67. The fourth-order valence-corrected chi connectivity index (χ4v) is 4.09. The summed E-state index contributed by atoms with van der Waals surface area (Å²) < 4.78 is 19.8. The van der Waals surface area contributed by atoms with E-state index in [1.807, 2.05) is 6.20 Å². The first-order chi connectivity index (χ1) is 13.4. The standard InChI is InChI=1S/C22H27FN4O/c1-14-9-18(26-20(10-14)27-8-7-22(2,24)13-27)17-11-15(12-25-17)21-16(23)5-4-6-19(21)28-3/h4-6,9-10,12,17,25H,7-8,11,13,24H2,1-3H3. The van der Waals surface area contributed by atoms with Gasteiger partial charge in [0.1, 0.15) is 17.4 Å². The first kappa shape index (κ1) is 18.7. The van der Waals surface area contributed by atoms with Crippen LogP contribution < -0.4 is 20.7 Å². The van der Waals surface area contributed by atoms with Crippen LogP contribution in [0.3, 0.4) is 0 Å². The van der Waals surface area contributed by atoms with Crippen molar-refractivity contribution in [1.29, 1.82) is 0 Å². The average Bonchev–Trinajstić information content (AvgIpc) is 3.27. The third kappa shape index (κ3) is 3.56. The van der Waals surface area contributed by atoms with Crippen molar-refractivity contribution < 1.29 is 9.13 Å². The van der Waals surface area contributed by atoms with E-state index in [-0.39, 0.29) is 17.4 Å². The predicted octanol–water partition coefficient (Wildman–Crippen LogP) is 3.54. The van der Waals surface area contributed by atoms with Crippen molar-refractivity contribution in [3.8, 4) is 5.75 Å². The van der Waals surface area contributed by atoms with Crippen LogP contribution in [-0.4, -0.2) is 30.7 Å². The fourth-order valence-electron chi connectivity index (χ4n) is 4.09. The number of nitrogens with zero attached hydrogens (tertiary/aromatic N) is 2. The van der Waals surface area contributed by atoms with Crippen LogP contribution >= 0.6 is 0 Å². The summed E-state index contributed by atoms with van der Waals surface area (Å²) in [5.74, 6) is 1.24. The number of hydrogen-bond acceptors (Lipinski definition) is 5. The van der Waals surface area contributed by atoms with E-state index >= 15 is 0 Å². The van der Waals surface area contributed by atoms with Gasteiger partial charge in [-0.3, -0.25) is 0 Å². The Balaban J connectivity index is 1.58. The normalized spacial score (nSPS) is 24.2. The summed E-state index contributed by atoms with van der Waals surface area (Å²) in [5, 5.41) is 3.37. The Hall–Kier alpha value is -2.60. The second-order valence-electron chi connectivity index (χ2n) is 8.16. The molecule has 28 heavy (non-hydrogen) atoms. The van der Waals surface area contributed by atoms with Crippen molar-refractivity contribution in [2.24, 2.45) is 5.73 Å². The van der Waals surface area contributed by atoms with Crippen molar-refractivity contribution in [1.82, 2.24) is 10.3 Å². The Morgan fingerprint density at radius 2 is 2.18 bits per heavy atom. The zero-order chi connectivity index (χ0) is 19.9. The maximum atomic E-state index is 14.4. The van der Waals surface area contributed by atoms with E-state index in [4.69, 9.17) is 15.5 Å². The van der Waals surface area contributed by atoms with Gasteiger partial charge in [0.05, 0.1) is 24.4 Å². The highest BCUT2D eigenvalue weighted by molar-refractivity contribution is 5.73. The van der Waals surface area contributed by atoms with Gasteiger partial charge < -0.3 is 20.7 Å². The summed E-state index contributed by atoms with van der Waals surface area (Å²) in [7, 11) is 1.56. The zero-order valence-electron chi connectivity index (χ0n) is 16.6. The van der Waals surface area contributed by atoms with Gasteiger partial charge in [-0.15, -0.1) is 0 Å². The van der Waals surface area contributed by atoms with Gasteiger partial charge >= 0.3 is 0 Å². The van der Waals surface area contributed by atoms with Crippen LogP contribution in [0.4, 0.5) is 10.2 Å². The van der Waals surface area contributed by atoms with E-state index < -0.39 is 0 Å². The summed E-state index contributed by atoms with van der Waals surface area (Å²) in [4.78, 5) is 7.16. The molecular formula is C22H27FN4O. The number of benzene rings is 1. The molecular weight excluding hydrogens is 355 g/mol. The Morgan fingerprint density at radius 1 is 1.36 bits per heavy atom. The number of ether oxygens (including phenoxy) is 1. The highest BCUT2D eigenvalue weighted by atomic mass is 19.1. The van der Waals surface area contributed by atoms with Gasteiger partial charge in [0, 0.05) is 31.2 Å². The molecule has 0 spiro atoms. The van der Waals surface area contributed by atoms with Crippen molar-refractivity contribution in [2.75, 3.05) is 25.1 Å². The summed E-state index contributed by atoms with van der Waals surface area (Å²) in [6, 6.07) is 9.11. The lowest BCUT2D eigenvalue weighted by molar-refractivity contribution is 0.409. The molecule has 0 amide bonds. The molecule has 2 aliphatic rings. The van der Waals surface area contributed by atoms with Crippen molar-refractivity contribution in [3.05, 3.63) is 59.2 Å². The molecule has 1 aromatic heterocycles. The highest BCUT2D eigenvalue weighted by Crippen LogP contribution is 2.38. The number of pyridine rings is 1. The van der Waals surface area contributed by atoms with Crippen LogP contribution in [0.1, 0.15) is 42.6 Å². The maximum Gasteiger partial charge on any atom is 0.134 e. The van der Waals surface area contributed by atoms with E-state index in [0.29, 0.717) is 17.7 Å². The largest absolute Gasteiger partial charge is 0.496 e. The molecule has 148 valence electrons. The number of hydrogen-bond donors (Lipinski definition) is 2. The second-order valence-corrected chi connectivity index (χ2v) is 8.16. The molecule has 2 aromatic rings. The Morgan fingerprint density at radius 3 is 2.89 bits per heavy atom. The minimum Gasteiger partial charge on any atom is -0.496 e. The molecule has 0 bridgehead atoms. The number of anilines is 1. The second kappa shape index (κ2) is 7.09. The van der Waals surface area contributed by atoms with Gasteiger partial charge in [0.25, 0.3) is 0 Å². The topological polar surface area (TPSA) is 63.4 Å². The van der Waals surface area contributed by atoms with Crippen molar-refractivity contribution in [2.45, 2.75) is 38.3 Å². The maximum absolute atomic E-state index is 14.4. The molecule has 4 rings (SSSR count). The molecule has 0 radical (unpaired) electrons. The smallest absolute Gasteiger partial charge is 0.134 e. The van der Waals surface area contributed by atoms with E-state index in [1.165, 1.54) is 6.07 Å². The molecule has 2 unspecified atom stereocenters. The summed E-state index contributed by atoms with van der Waals surface area (Å²) in [6.07, 6.45) is 3.49. The van der Waals surface area contributed by atoms with Gasteiger partial charge in [0.2, 0.25) is 0 Å². The molecule has 0 saturated carbocycles. The lowest BCUT2D eigenvalue weighted by Crippen LogP contribution is -2.39. The van der Waals surface area contributed by atoms with Gasteiger partial charge in [-0.05, 0) is 55.7 Å². The number of rotatable bonds is 4. The molecule has 2 aliphatic heterocycles. The summed E-state index contributed by atoms with van der Waals surface area (Å²) >= 11 is 0. The van der Waals surface area contributed by atoms with E-state index in [0.717, 1.165) is 42.2 Å². The predicted molar refractivity (Wildman–Crippen MR) is 110 cm³/mol. The summed E-state index contributed by atoms with van der Waals surface area (Å²) in [6.45, 7) is 5.88. The van der Waals surface area contributed by atoms with E-state index in [1.54, 1.807) is 19.2 Å². The third-order valence-electron chi connectivity index (χ3n) is 5.56. The minimum absolute atomic E-state index is 0.00447. The lowest BCUT2D eigenvalue weighted by Gasteiger charge is -2.22. The average molecular weight is 382 g/mol. The minimum atomic E-state index is -0.273. The van der Waals surface area contributed by atoms with E-state index in [9.17, 15) is 4.39 Å². The molecule has 5 nitrogen and oxygen atoms in total. The SMILES string of the molecule is COc1cccc(F)c1C1=CNC(c2cc(C)cc(N3CCC(C)(N)C3)n2)C1. The zero-order valence-corrected chi connectivity index (χ0v) is 16.6. The van der Waals surface area contributed by atoms with Gasteiger partial charge in [-0.1, -0.05) is 6.07 Å². The third-order valence-corrected chi connectivity index (χ3v) is 5.56. The molecule has 2 atom stereocenters. The Kier molecular flexibility index (Phi) is 4.75. The monoisotopic (exact) mass is 382 g/mol. The molecule has 1 aromatic carbocycles. The fraction of sp³-hybridized carbons (Fsp3) is 0.409. The quantitative estimate of drug-likeness (QED) is 0.847. The Labute approximate surface area is 165 Å². The number of aryl methyl sites for hydroxylation is 1. The molecule has 3 heterocycles. The lowest BCUT2D eigenvalue weighted by atomic mass is 9.99. The van der Waals surface area contributed by atoms with Crippen LogP contribution in [0.2, 0.25) is 0 Å². The number of nitrogens with two attached hydrogens (primary N) is 1. The first-order valence-electron chi connectivity index (χ1n) is 9.67. The number of methoxy groups -OCH3 is 1. The molecule has 1 saturated heterocycles. The van der Waals surface area contributed by atoms with Gasteiger partial charge in [-0.25, -0.2) is 9.37 Å². The molecule has 3 N–H and O–H groups in total. The van der Waals surface area contributed by atoms with Crippen LogP contribution in [0.25, 0.3) is 5.57 Å². The summed E-state index contributed by atoms with van der Waals surface area (Å²) in [5.41, 5.74) is 9.64. The van der Waals surface area contributed by atoms with Crippen LogP contribution in [0.15, 0.2) is 36.5 Å². The number of halogens is 1. The highest BCUT2D eigenvalue weighted by Gasteiger charge is 2.31.